The summed E-state index contributed by atoms with van der Waals surface area (Å²) in [6, 6.07) is 0. The average molecular weight is 203 g/mol. The van der Waals surface area contributed by atoms with E-state index in [9.17, 15) is 9.18 Å². The average Bonchev–Trinajstić information content (AvgIpc) is 2.23. The van der Waals surface area contributed by atoms with Gasteiger partial charge in [0.1, 0.15) is 5.67 Å². The molecule has 1 aliphatic heterocycles. The summed E-state index contributed by atoms with van der Waals surface area (Å²) in [5.74, 6) is -0.780. The lowest BCUT2D eigenvalue weighted by molar-refractivity contribution is -0.137. The number of alkyl halides is 1. The second kappa shape index (κ2) is 4.73. The first-order chi connectivity index (χ1) is 6.49. The molecule has 82 valence electrons. The van der Waals surface area contributed by atoms with E-state index >= 15 is 0 Å². The van der Waals surface area contributed by atoms with Gasteiger partial charge in [-0.05, 0) is 32.7 Å². The number of carboxylic acid groups (broad SMARTS) is 1. The zero-order valence-corrected chi connectivity index (χ0v) is 8.63. The van der Waals surface area contributed by atoms with Gasteiger partial charge in [0.15, 0.2) is 0 Å². The molecule has 0 amide bonds. The molecule has 0 spiro atoms. The third kappa shape index (κ3) is 4.05. The van der Waals surface area contributed by atoms with Crippen LogP contribution in [-0.2, 0) is 4.79 Å². The fourth-order valence-corrected chi connectivity index (χ4v) is 1.78. The van der Waals surface area contributed by atoms with E-state index in [1.807, 2.05) is 4.90 Å². The van der Waals surface area contributed by atoms with Crippen LogP contribution in [-0.4, -0.2) is 41.3 Å². The van der Waals surface area contributed by atoms with E-state index in [0.29, 0.717) is 25.9 Å². The van der Waals surface area contributed by atoms with Crippen molar-refractivity contribution in [1.82, 2.24) is 4.90 Å². The molecule has 0 aromatic rings. The van der Waals surface area contributed by atoms with Gasteiger partial charge in [-0.1, -0.05) is 0 Å². The molecule has 0 aliphatic carbocycles. The standard InChI is InChI=1S/C10H18FNO2/c1-10(11)4-2-6-12(8-5-10)7-3-9(13)14/h2-8H2,1H3,(H,13,14). The molecule has 1 unspecified atom stereocenters. The van der Waals surface area contributed by atoms with Gasteiger partial charge < -0.3 is 10.0 Å². The zero-order valence-electron chi connectivity index (χ0n) is 8.63. The number of carbonyl (C=O) groups is 1. The highest BCUT2D eigenvalue weighted by atomic mass is 19.1. The lowest BCUT2D eigenvalue weighted by Crippen LogP contribution is -2.28. The highest BCUT2D eigenvalue weighted by molar-refractivity contribution is 5.66. The molecule has 3 nitrogen and oxygen atoms in total. The van der Waals surface area contributed by atoms with Crippen LogP contribution in [0.25, 0.3) is 0 Å². The summed E-state index contributed by atoms with van der Waals surface area (Å²) in [4.78, 5) is 12.4. The van der Waals surface area contributed by atoms with Crippen LogP contribution in [0.2, 0.25) is 0 Å². The van der Waals surface area contributed by atoms with Gasteiger partial charge in [0.25, 0.3) is 0 Å². The number of aliphatic carboxylic acids is 1. The lowest BCUT2D eigenvalue weighted by atomic mass is 10.0. The van der Waals surface area contributed by atoms with E-state index in [4.69, 9.17) is 5.11 Å². The van der Waals surface area contributed by atoms with Gasteiger partial charge in [-0.3, -0.25) is 4.79 Å². The van der Waals surface area contributed by atoms with Crippen molar-refractivity contribution in [3.63, 3.8) is 0 Å². The molecule has 1 aliphatic rings. The number of hydrogen-bond acceptors (Lipinski definition) is 2. The Kier molecular flexibility index (Phi) is 3.86. The van der Waals surface area contributed by atoms with Gasteiger partial charge in [-0.2, -0.15) is 0 Å². The van der Waals surface area contributed by atoms with E-state index < -0.39 is 11.6 Å². The number of halogens is 1. The van der Waals surface area contributed by atoms with E-state index in [-0.39, 0.29) is 6.42 Å². The van der Waals surface area contributed by atoms with Crippen LogP contribution in [0.4, 0.5) is 4.39 Å². The third-order valence-corrected chi connectivity index (χ3v) is 2.76. The quantitative estimate of drug-likeness (QED) is 0.758. The maximum absolute atomic E-state index is 13.6. The van der Waals surface area contributed by atoms with Crippen LogP contribution in [0.5, 0.6) is 0 Å². The van der Waals surface area contributed by atoms with Crippen molar-refractivity contribution in [2.45, 2.75) is 38.3 Å². The molecule has 0 bridgehead atoms. The van der Waals surface area contributed by atoms with Crippen LogP contribution in [0.3, 0.4) is 0 Å². The number of nitrogens with zero attached hydrogens (tertiary/aromatic N) is 1. The van der Waals surface area contributed by atoms with Crippen molar-refractivity contribution in [1.29, 1.82) is 0 Å². The molecular formula is C10H18FNO2. The maximum Gasteiger partial charge on any atom is 0.304 e. The Morgan fingerprint density at radius 3 is 2.86 bits per heavy atom. The van der Waals surface area contributed by atoms with Crippen molar-refractivity contribution in [2.24, 2.45) is 0 Å². The Labute approximate surface area is 83.9 Å². The SMILES string of the molecule is CC1(F)CCCN(CCC(=O)O)CC1. The smallest absolute Gasteiger partial charge is 0.304 e. The molecule has 0 aromatic carbocycles. The molecule has 0 aromatic heterocycles. The monoisotopic (exact) mass is 203 g/mol. The summed E-state index contributed by atoms with van der Waals surface area (Å²) < 4.78 is 13.6. The van der Waals surface area contributed by atoms with Crippen LogP contribution >= 0.6 is 0 Å². The summed E-state index contributed by atoms with van der Waals surface area (Å²) in [6.45, 7) is 3.69. The number of likely N-dealkylation sites (tertiary alicyclic amines) is 1. The molecule has 1 fully saturated rings. The molecule has 1 saturated heterocycles. The Balaban J connectivity index is 2.31. The molecule has 14 heavy (non-hydrogen) atoms. The van der Waals surface area contributed by atoms with Crippen LogP contribution in [0, 0.1) is 0 Å². The number of rotatable bonds is 3. The van der Waals surface area contributed by atoms with Crippen LogP contribution in [0.1, 0.15) is 32.6 Å². The zero-order chi connectivity index (χ0) is 10.6. The van der Waals surface area contributed by atoms with Gasteiger partial charge >= 0.3 is 5.97 Å². The minimum absolute atomic E-state index is 0.156. The highest BCUT2D eigenvalue weighted by Gasteiger charge is 2.26. The Bertz CT molecular complexity index is 206. The van der Waals surface area contributed by atoms with Crippen molar-refractivity contribution in [3.8, 4) is 0 Å². The molecule has 1 atom stereocenters. The van der Waals surface area contributed by atoms with E-state index in [2.05, 4.69) is 0 Å². The summed E-state index contributed by atoms with van der Waals surface area (Å²) in [5, 5.41) is 8.52. The largest absolute Gasteiger partial charge is 0.481 e. The third-order valence-electron chi connectivity index (χ3n) is 2.76. The molecule has 1 heterocycles. The summed E-state index contributed by atoms with van der Waals surface area (Å²) in [7, 11) is 0. The molecule has 4 heteroatoms. The van der Waals surface area contributed by atoms with E-state index in [1.54, 1.807) is 6.92 Å². The summed E-state index contributed by atoms with van der Waals surface area (Å²) in [6.07, 6.45) is 2.10. The second-order valence-corrected chi connectivity index (χ2v) is 4.25. The van der Waals surface area contributed by atoms with Gasteiger partial charge in [0, 0.05) is 13.1 Å². The second-order valence-electron chi connectivity index (χ2n) is 4.25. The fourth-order valence-electron chi connectivity index (χ4n) is 1.78. The van der Waals surface area contributed by atoms with Gasteiger partial charge in [-0.15, -0.1) is 0 Å². The summed E-state index contributed by atoms with van der Waals surface area (Å²) in [5.41, 5.74) is -1.06. The van der Waals surface area contributed by atoms with Gasteiger partial charge in [0.2, 0.25) is 0 Å². The minimum atomic E-state index is -1.06. The first-order valence-electron chi connectivity index (χ1n) is 5.13. The van der Waals surface area contributed by atoms with Crippen molar-refractivity contribution in [2.75, 3.05) is 19.6 Å². The maximum atomic E-state index is 13.6. The van der Waals surface area contributed by atoms with Gasteiger partial charge in [-0.25, -0.2) is 4.39 Å². The molecule has 1 N–H and O–H groups in total. The first kappa shape index (κ1) is 11.4. The lowest BCUT2D eigenvalue weighted by Gasteiger charge is -2.19. The molecule has 0 saturated carbocycles. The van der Waals surface area contributed by atoms with E-state index in [1.165, 1.54) is 0 Å². The first-order valence-corrected chi connectivity index (χ1v) is 5.13. The van der Waals surface area contributed by atoms with Crippen LogP contribution in [0.15, 0.2) is 0 Å². The van der Waals surface area contributed by atoms with Crippen molar-refractivity contribution in [3.05, 3.63) is 0 Å². The fraction of sp³-hybridized carbons (Fsp3) is 0.900. The van der Waals surface area contributed by atoms with Crippen molar-refractivity contribution < 1.29 is 14.3 Å². The van der Waals surface area contributed by atoms with Gasteiger partial charge in [0.05, 0.1) is 6.42 Å². The Hall–Kier alpha value is -0.640. The minimum Gasteiger partial charge on any atom is -0.481 e. The normalized spacial score (nSPS) is 29.9. The number of hydrogen-bond donors (Lipinski definition) is 1. The number of carboxylic acids is 1. The topological polar surface area (TPSA) is 40.5 Å². The molecular weight excluding hydrogens is 185 g/mol. The van der Waals surface area contributed by atoms with E-state index in [0.717, 1.165) is 13.0 Å². The molecule has 1 rings (SSSR count). The van der Waals surface area contributed by atoms with Crippen molar-refractivity contribution >= 4 is 5.97 Å². The Morgan fingerprint density at radius 1 is 1.50 bits per heavy atom. The summed E-state index contributed by atoms with van der Waals surface area (Å²) >= 11 is 0. The highest BCUT2D eigenvalue weighted by Crippen LogP contribution is 2.25. The Morgan fingerprint density at radius 2 is 2.21 bits per heavy atom. The predicted octanol–water partition coefficient (Wildman–Crippen LogP) is 1.68. The predicted molar refractivity (Wildman–Crippen MR) is 52.1 cm³/mol. The molecule has 0 radical (unpaired) electrons. The van der Waals surface area contributed by atoms with Crippen LogP contribution < -0.4 is 0 Å².